The van der Waals surface area contributed by atoms with Crippen LogP contribution in [0.4, 0.5) is 0 Å². The van der Waals surface area contributed by atoms with Crippen LogP contribution in [0.25, 0.3) is 0 Å². The van der Waals surface area contributed by atoms with Crippen LogP contribution in [0, 0.1) is 0 Å². The third kappa shape index (κ3) is 4.39. The van der Waals surface area contributed by atoms with E-state index in [1.807, 2.05) is 13.0 Å². The lowest BCUT2D eigenvalue weighted by Crippen LogP contribution is -2.20. The summed E-state index contributed by atoms with van der Waals surface area (Å²) >= 11 is 0. The molecule has 2 N–H and O–H groups in total. The Labute approximate surface area is 121 Å². The molecule has 2 unspecified atom stereocenters. The van der Waals surface area contributed by atoms with Crippen molar-refractivity contribution in [3.05, 3.63) is 23.8 Å². The molecule has 2 rings (SSSR count). The summed E-state index contributed by atoms with van der Waals surface area (Å²) in [5.41, 5.74) is 1.20. The second-order valence-electron chi connectivity index (χ2n) is 5.42. The lowest BCUT2D eigenvalue weighted by atomic mass is 10.1. The minimum absolute atomic E-state index is 0.217. The summed E-state index contributed by atoms with van der Waals surface area (Å²) in [6.45, 7) is 6.31. The maximum atomic E-state index is 9.24. The van der Waals surface area contributed by atoms with Crippen LogP contribution in [-0.2, 0) is 0 Å². The molecule has 4 heteroatoms. The largest absolute Gasteiger partial charge is 0.490 e. The van der Waals surface area contributed by atoms with Crippen LogP contribution in [0.15, 0.2) is 18.2 Å². The molecule has 0 aromatic heterocycles. The van der Waals surface area contributed by atoms with Gasteiger partial charge in [-0.05, 0) is 50.9 Å². The van der Waals surface area contributed by atoms with E-state index in [1.54, 1.807) is 0 Å². The van der Waals surface area contributed by atoms with Gasteiger partial charge in [0, 0.05) is 12.5 Å². The van der Waals surface area contributed by atoms with Gasteiger partial charge in [-0.15, -0.1) is 0 Å². The average Bonchev–Trinajstić information content (AvgIpc) is 2.67. The molecule has 0 aliphatic carbocycles. The number of benzene rings is 1. The first-order chi connectivity index (χ1) is 9.66. The zero-order valence-corrected chi connectivity index (χ0v) is 12.4. The van der Waals surface area contributed by atoms with Crippen molar-refractivity contribution in [3.63, 3.8) is 0 Å². The molecule has 0 bridgehead atoms. The van der Waals surface area contributed by atoms with Crippen molar-refractivity contribution in [2.24, 2.45) is 0 Å². The van der Waals surface area contributed by atoms with Crippen LogP contribution in [-0.4, -0.2) is 31.0 Å². The van der Waals surface area contributed by atoms with Gasteiger partial charge in [0.15, 0.2) is 11.5 Å². The van der Waals surface area contributed by atoms with Gasteiger partial charge in [-0.2, -0.15) is 0 Å². The van der Waals surface area contributed by atoms with Gasteiger partial charge < -0.3 is 19.9 Å². The highest BCUT2D eigenvalue weighted by Gasteiger charge is 2.13. The zero-order valence-electron chi connectivity index (χ0n) is 12.4. The van der Waals surface area contributed by atoms with E-state index < -0.39 is 0 Å². The van der Waals surface area contributed by atoms with E-state index in [0.29, 0.717) is 6.61 Å². The average molecular weight is 279 g/mol. The molecule has 1 aliphatic heterocycles. The van der Waals surface area contributed by atoms with E-state index in [-0.39, 0.29) is 12.1 Å². The summed E-state index contributed by atoms with van der Waals surface area (Å²) in [7, 11) is 0. The molecule has 0 saturated carbocycles. The topological polar surface area (TPSA) is 50.7 Å². The van der Waals surface area contributed by atoms with Gasteiger partial charge in [-0.1, -0.05) is 6.07 Å². The Balaban J connectivity index is 1.89. The number of aliphatic hydroxyl groups is 1. The summed E-state index contributed by atoms with van der Waals surface area (Å²) in [4.78, 5) is 0. The molecule has 0 fully saturated rings. The highest BCUT2D eigenvalue weighted by molar-refractivity contribution is 5.44. The van der Waals surface area contributed by atoms with E-state index in [9.17, 15) is 5.11 Å². The lowest BCUT2D eigenvalue weighted by Gasteiger charge is -2.16. The molecule has 4 nitrogen and oxygen atoms in total. The van der Waals surface area contributed by atoms with Gasteiger partial charge in [0.25, 0.3) is 0 Å². The predicted octanol–water partition coefficient (Wildman–Crippen LogP) is 2.66. The van der Waals surface area contributed by atoms with Gasteiger partial charge in [0.1, 0.15) is 0 Å². The highest BCUT2D eigenvalue weighted by Crippen LogP contribution is 2.32. The molecule has 0 spiro atoms. The third-order valence-electron chi connectivity index (χ3n) is 3.52. The quantitative estimate of drug-likeness (QED) is 0.786. The lowest BCUT2D eigenvalue weighted by molar-refractivity contribution is 0.181. The summed E-state index contributed by atoms with van der Waals surface area (Å²) in [6.07, 6.45) is 2.52. The summed E-state index contributed by atoms with van der Waals surface area (Å²) < 4.78 is 11.3. The number of hydrogen-bond acceptors (Lipinski definition) is 4. The van der Waals surface area contributed by atoms with Crippen LogP contribution in [0.3, 0.4) is 0 Å². The molecule has 20 heavy (non-hydrogen) atoms. The van der Waals surface area contributed by atoms with Crippen LogP contribution >= 0.6 is 0 Å². The second kappa shape index (κ2) is 7.50. The van der Waals surface area contributed by atoms with Gasteiger partial charge in [-0.25, -0.2) is 0 Å². The number of fused-ring (bicyclic) bond motifs is 1. The number of hydrogen-bond donors (Lipinski definition) is 2. The third-order valence-corrected chi connectivity index (χ3v) is 3.52. The van der Waals surface area contributed by atoms with Crippen LogP contribution in [0.1, 0.15) is 44.7 Å². The van der Waals surface area contributed by atoms with Gasteiger partial charge in [-0.3, -0.25) is 0 Å². The van der Waals surface area contributed by atoms with Gasteiger partial charge in [0.05, 0.1) is 19.3 Å². The molecule has 1 aliphatic rings. The molecule has 0 saturated heterocycles. The van der Waals surface area contributed by atoms with Crippen molar-refractivity contribution < 1.29 is 14.6 Å². The standard InChI is InChI=1S/C16H25NO3/c1-12(18)5-3-8-17-13(2)14-6-7-15-16(11-14)20-10-4-9-19-15/h6-7,11-13,17-18H,3-5,8-10H2,1-2H3. The maximum Gasteiger partial charge on any atom is 0.161 e. The molecule has 1 aromatic carbocycles. The van der Waals surface area contributed by atoms with E-state index in [0.717, 1.165) is 43.9 Å². The van der Waals surface area contributed by atoms with Crippen LogP contribution < -0.4 is 14.8 Å². The van der Waals surface area contributed by atoms with Crippen molar-refractivity contribution in [1.82, 2.24) is 5.32 Å². The SMILES string of the molecule is CC(O)CCCNC(C)c1ccc2c(c1)OCCCO2. The number of rotatable bonds is 6. The molecular weight excluding hydrogens is 254 g/mol. The number of nitrogens with one attached hydrogen (secondary N) is 1. The minimum Gasteiger partial charge on any atom is -0.490 e. The van der Waals surface area contributed by atoms with Crippen LogP contribution in [0.2, 0.25) is 0 Å². The van der Waals surface area contributed by atoms with Crippen molar-refractivity contribution in [2.45, 2.75) is 45.3 Å². The Bertz CT molecular complexity index is 420. The monoisotopic (exact) mass is 279 g/mol. The van der Waals surface area contributed by atoms with E-state index in [4.69, 9.17) is 9.47 Å². The van der Waals surface area contributed by atoms with Gasteiger partial charge >= 0.3 is 0 Å². The second-order valence-corrected chi connectivity index (χ2v) is 5.42. The Kier molecular flexibility index (Phi) is 5.68. The Morgan fingerprint density at radius 3 is 2.70 bits per heavy atom. The fraction of sp³-hybridized carbons (Fsp3) is 0.625. The number of ether oxygens (including phenoxy) is 2. The molecule has 1 heterocycles. The Morgan fingerprint density at radius 1 is 1.20 bits per heavy atom. The number of aliphatic hydroxyl groups excluding tert-OH is 1. The van der Waals surface area contributed by atoms with Crippen molar-refractivity contribution in [1.29, 1.82) is 0 Å². The van der Waals surface area contributed by atoms with Crippen LogP contribution in [0.5, 0.6) is 11.5 Å². The fourth-order valence-electron chi connectivity index (χ4n) is 2.28. The Morgan fingerprint density at radius 2 is 1.95 bits per heavy atom. The predicted molar refractivity (Wildman–Crippen MR) is 79.4 cm³/mol. The summed E-state index contributed by atoms with van der Waals surface area (Å²) in [5.74, 6) is 1.69. The first-order valence-corrected chi connectivity index (χ1v) is 7.48. The maximum absolute atomic E-state index is 9.24. The molecule has 0 radical (unpaired) electrons. The fourth-order valence-corrected chi connectivity index (χ4v) is 2.28. The van der Waals surface area contributed by atoms with Gasteiger partial charge in [0.2, 0.25) is 0 Å². The Hall–Kier alpha value is -1.26. The normalized spacial score (nSPS) is 17.4. The minimum atomic E-state index is -0.217. The molecule has 0 amide bonds. The van der Waals surface area contributed by atoms with Crippen molar-refractivity contribution in [2.75, 3.05) is 19.8 Å². The molecule has 1 aromatic rings. The zero-order chi connectivity index (χ0) is 14.4. The molecule has 112 valence electrons. The first-order valence-electron chi connectivity index (χ1n) is 7.48. The van der Waals surface area contributed by atoms with E-state index in [2.05, 4.69) is 24.4 Å². The first kappa shape index (κ1) is 15.1. The van der Waals surface area contributed by atoms with Crippen molar-refractivity contribution >= 4 is 0 Å². The molecular formula is C16H25NO3. The summed E-state index contributed by atoms with van der Waals surface area (Å²) in [5, 5.41) is 12.7. The van der Waals surface area contributed by atoms with E-state index >= 15 is 0 Å². The van der Waals surface area contributed by atoms with E-state index in [1.165, 1.54) is 5.56 Å². The molecule has 2 atom stereocenters. The smallest absolute Gasteiger partial charge is 0.161 e. The highest BCUT2D eigenvalue weighted by atomic mass is 16.5. The summed E-state index contributed by atoms with van der Waals surface area (Å²) in [6, 6.07) is 6.40. The van der Waals surface area contributed by atoms with Crippen molar-refractivity contribution in [3.8, 4) is 11.5 Å².